The quantitative estimate of drug-likeness (QED) is 0.520. The number of ether oxygens (including phenoxy) is 2. The minimum absolute atomic E-state index is 0.312. The monoisotopic (exact) mass is 264 g/mol. The first-order chi connectivity index (χ1) is 6.68. The summed E-state index contributed by atoms with van der Waals surface area (Å²) in [4.78, 5) is 0. The molecule has 0 amide bonds. The molecule has 1 aliphatic carbocycles. The molecule has 3 heteroatoms. The third kappa shape index (κ3) is 3.87. The topological polar surface area (TPSA) is 18.5 Å². The standard InChI is InChI=1S/C11H21BrO2/c1-10(2)14-7-6-13-9-11(8-12)4-3-5-11/h10H,3-9H2,1-2H3. The average Bonchev–Trinajstić information content (AvgIpc) is 2.08. The molecule has 0 saturated heterocycles. The van der Waals surface area contributed by atoms with E-state index in [1.807, 2.05) is 13.8 Å². The first-order valence-corrected chi connectivity index (χ1v) is 6.56. The zero-order chi connectivity index (χ0) is 10.4. The molecule has 0 aliphatic heterocycles. The zero-order valence-electron chi connectivity index (χ0n) is 9.22. The van der Waals surface area contributed by atoms with E-state index in [1.165, 1.54) is 19.3 Å². The summed E-state index contributed by atoms with van der Waals surface area (Å²) in [7, 11) is 0. The summed E-state index contributed by atoms with van der Waals surface area (Å²) in [6.45, 7) is 6.43. The van der Waals surface area contributed by atoms with E-state index in [1.54, 1.807) is 0 Å². The SMILES string of the molecule is CC(C)OCCOCC1(CBr)CCC1. The Morgan fingerprint density at radius 3 is 2.43 bits per heavy atom. The van der Waals surface area contributed by atoms with Crippen LogP contribution in [-0.4, -0.2) is 31.3 Å². The van der Waals surface area contributed by atoms with E-state index in [0.29, 0.717) is 11.5 Å². The predicted molar refractivity (Wildman–Crippen MR) is 62.0 cm³/mol. The van der Waals surface area contributed by atoms with Gasteiger partial charge in [-0.1, -0.05) is 22.4 Å². The second kappa shape index (κ2) is 6.09. The van der Waals surface area contributed by atoms with Crippen LogP contribution in [0.1, 0.15) is 33.1 Å². The van der Waals surface area contributed by atoms with Gasteiger partial charge >= 0.3 is 0 Å². The molecule has 0 aromatic heterocycles. The molecule has 1 aliphatic rings. The van der Waals surface area contributed by atoms with Gasteiger partial charge in [-0.05, 0) is 26.7 Å². The van der Waals surface area contributed by atoms with Gasteiger partial charge in [0.05, 0.1) is 25.9 Å². The van der Waals surface area contributed by atoms with E-state index in [0.717, 1.165) is 25.2 Å². The molecule has 0 spiro atoms. The highest BCUT2D eigenvalue weighted by Crippen LogP contribution is 2.42. The second-order valence-electron chi connectivity index (χ2n) is 4.46. The maximum absolute atomic E-state index is 5.63. The summed E-state index contributed by atoms with van der Waals surface area (Å²) in [6.07, 6.45) is 4.29. The highest BCUT2D eigenvalue weighted by molar-refractivity contribution is 9.09. The molecule has 0 aromatic carbocycles. The van der Waals surface area contributed by atoms with Crippen LogP contribution in [0.3, 0.4) is 0 Å². The highest BCUT2D eigenvalue weighted by Gasteiger charge is 2.35. The van der Waals surface area contributed by atoms with E-state index in [4.69, 9.17) is 9.47 Å². The lowest BCUT2D eigenvalue weighted by Crippen LogP contribution is -2.36. The van der Waals surface area contributed by atoms with Crippen LogP contribution < -0.4 is 0 Å². The van der Waals surface area contributed by atoms with Gasteiger partial charge in [0.1, 0.15) is 0 Å². The summed E-state index contributed by atoms with van der Waals surface area (Å²) in [5, 5.41) is 1.07. The van der Waals surface area contributed by atoms with Crippen molar-refractivity contribution in [1.82, 2.24) is 0 Å². The first kappa shape index (κ1) is 12.5. The molecule has 14 heavy (non-hydrogen) atoms. The van der Waals surface area contributed by atoms with Gasteiger partial charge in [0.25, 0.3) is 0 Å². The summed E-state index contributed by atoms with van der Waals surface area (Å²) < 4.78 is 11.0. The van der Waals surface area contributed by atoms with E-state index in [-0.39, 0.29) is 0 Å². The number of halogens is 1. The Balaban J connectivity index is 1.97. The minimum atomic E-state index is 0.312. The van der Waals surface area contributed by atoms with Crippen molar-refractivity contribution in [3.8, 4) is 0 Å². The van der Waals surface area contributed by atoms with Gasteiger partial charge in [0, 0.05) is 10.7 Å². The van der Waals surface area contributed by atoms with E-state index < -0.39 is 0 Å². The van der Waals surface area contributed by atoms with Crippen LogP contribution in [0.15, 0.2) is 0 Å². The van der Waals surface area contributed by atoms with Crippen LogP contribution in [0.2, 0.25) is 0 Å². The fourth-order valence-electron chi connectivity index (χ4n) is 1.62. The number of hydrogen-bond acceptors (Lipinski definition) is 2. The van der Waals surface area contributed by atoms with Crippen molar-refractivity contribution in [3.05, 3.63) is 0 Å². The Kier molecular flexibility index (Phi) is 5.42. The van der Waals surface area contributed by atoms with Crippen molar-refractivity contribution in [2.45, 2.75) is 39.2 Å². The maximum atomic E-state index is 5.63. The molecule has 0 unspecified atom stereocenters. The molecule has 0 heterocycles. The van der Waals surface area contributed by atoms with Crippen molar-refractivity contribution in [2.24, 2.45) is 5.41 Å². The van der Waals surface area contributed by atoms with Crippen LogP contribution in [0, 0.1) is 5.41 Å². The number of hydrogen-bond donors (Lipinski definition) is 0. The smallest absolute Gasteiger partial charge is 0.0703 e. The summed E-state index contributed by atoms with van der Waals surface area (Å²) in [5.74, 6) is 0. The molecular formula is C11H21BrO2. The fraction of sp³-hybridized carbons (Fsp3) is 1.00. The molecule has 0 radical (unpaired) electrons. The van der Waals surface area contributed by atoms with Gasteiger partial charge < -0.3 is 9.47 Å². The van der Waals surface area contributed by atoms with Crippen LogP contribution in [0.4, 0.5) is 0 Å². The Hall–Kier alpha value is 0.400. The number of alkyl halides is 1. The molecule has 2 nitrogen and oxygen atoms in total. The van der Waals surface area contributed by atoms with Crippen molar-refractivity contribution >= 4 is 15.9 Å². The van der Waals surface area contributed by atoms with Crippen molar-refractivity contribution in [1.29, 1.82) is 0 Å². The molecule has 84 valence electrons. The van der Waals surface area contributed by atoms with E-state index in [9.17, 15) is 0 Å². The van der Waals surface area contributed by atoms with Gasteiger partial charge in [0.15, 0.2) is 0 Å². The summed E-state index contributed by atoms with van der Waals surface area (Å²) >= 11 is 3.56. The van der Waals surface area contributed by atoms with Crippen LogP contribution in [0.5, 0.6) is 0 Å². The normalized spacial score (nSPS) is 19.7. The van der Waals surface area contributed by atoms with Crippen LogP contribution in [0.25, 0.3) is 0 Å². The summed E-state index contributed by atoms with van der Waals surface area (Å²) in [6, 6.07) is 0. The van der Waals surface area contributed by atoms with Gasteiger partial charge in [0.2, 0.25) is 0 Å². The molecule has 0 bridgehead atoms. The maximum Gasteiger partial charge on any atom is 0.0703 e. The zero-order valence-corrected chi connectivity index (χ0v) is 10.8. The largest absolute Gasteiger partial charge is 0.378 e. The Morgan fingerprint density at radius 1 is 1.29 bits per heavy atom. The average molecular weight is 265 g/mol. The Morgan fingerprint density at radius 2 is 2.00 bits per heavy atom. The lowest BCUT2D eigenvalue weighted by atomic mass is 9.71. The molecule has 0 aromatic rings. The van der Waals surface area contributed by atoms with Crippen molar-refractivity contribution < 1.29 is 9.47 Å². The predicted octanol–water partition coefficient (Wildman–Crippen LogP) is 2.99. The van der Waals surface area contributed by atoms with Gasteiger partial charge in [-0.25, -0.2) is 0 Å². The highest BCUT2D eigenvalue weighted by atomic mass is 79.9. The minimum Gasteiger partial charge on any atom is -0.378 e. The molecule has 0 N–H and O–H groups in total. The number of rotatable bonds is 7. The second-order valence-corrected chi connectivity index (χ2v) is 5.02. The Labute approximate surface area is 95.5 Å². The van der Waals surface area contributed by atoms with Crippen LogP contribution >= 0.6 is 15.9 Å². The van der Waals surface area contributed by atoms with Gasteiger partial charge in [-0.15, -0.1) is 0 Å². The molecule has 1 rings (SSSR count). The third-order valence-electron chi connectivity index (χ3n) is 2.78. The fourth-order valence-corrected chi connectivity index (χ4v) is 2.35. The van der Waals surface area contributed by atoms with Gasteiger partial charge in [-0.3, -0.25) is 0 Å². The van der Waals surface area contributed by atoms with E-state index >= 15 is 0 Å². The molecule has 0 atom stereocenters. The lowest BCUT2D eigenvalue weighted by Gasteiger charge is -2.40. The molecule has 1 fully saturated rings. The van der Waals surface area contributed by atoms with Crippen molar-refractivity contribution in [2.75, 3.05) is 25.2 Å². The van der Waals surface area contributed by atoms with Crippen LogP contribution in [-0.2, 0) is 9.47 Å². The lowest BCUT2D eigenvalue weighted by molar-refractivity contribution is -0.0265. The third-order valence-corrected chi connectivity index (χ3v) is 3.97. The molecular weight excluding hydrogens is 244 g/mol. The van der Waals surface area contributed by atoms with Crippen molar-refractivity contribution in [3.63, 3.8) is 0 Å². The van der Waals surface area contributed by atoms with Gasteiger partial charge in [-0.2, -0.15) is 0 Å². The molecule has 1 saturated carbocycles. The summed E-state index contributed by atoms with van der Waals surface area (Å²) in [5.41, 5.74) is 0.442. The first-order valence-electron chi connectivity index (χ1n) is 5.44. The van der Waals surface area contributed by atoms with E-state index in [2.05, 4.69) is 15.9 Å². The Bertz CT molecular complexity index is 150.